The number of nitrogens with one attached hydrogen (secondary N) is 2. The second kappa shape index (κ2) is 9.11. The fourth-order valence-electron chi connectivity index (χ4n) is 2.36. The molecule has 2 aromatic heterocycles. The van der Waals surface area contributed by atoms with Crippen LogP contribution in [0.5, 0.6) is 11.6 Å². The third-order valence-corrected chi connectivity index (χ3v) is 3.79. The fraction of sp³-hybridized carbons (Fsp3) is 0.100. The van der Waals surface area contributed by atoms with Gasteiger partial charge in [0.1, 0.15) is 17.9 Å². The molecule has 31 heavy (non-hydrogen) atoms. The van der Waals surface area contributed by atoms with E-state index in [0.29, 0.717) is 23.0 Å². The molecule has 4 N–H and O–H groups in total. The van der Waals surface area contributed by atoms with Crippen LogP contribution in [0.4, 0.5) is 24.9 Å². The minimum absolute atomic E-state index is 0.103. The molecule has 11 heteroatoms. The molecule has 0 spiro atoms. The Labute approximate surface area is 175 Å². The van der Waals surface area contributed by atoms with E-state index in [1.54, 1.807) is 37.3 Å². The number of anilines is 2. The second-order valence-corrected chi connectivity index (χ2v) is 6.16. The maximum absolute atomic E-state index is 12.7. The number of ether oxygens (including phenoxy) is 1. The van der Waals surface area contributed by atoms with Gasteiger partial charge < -0.3 is 15.8 Å². The number of H-pyrrole nitrogens is 1. The Morgan fingerprint density at radius 3 is 2.61 bits per heavy atom. The summed E-state index contributed by atoms with van der Waals surface area (Å²) >= 11 is 0. The van der Waals surface area contributed by atoms with Gasteiger partial charge in [0.15, 0.2) is 5.82 Å². The summed E-state index contributed by atoms with van der Waals surface area (Å²) in [7, 11) is 0. The molecule has 0 aliphatic rings. The smallest absolute Gasteiger partial charge is 0.415 e. The number of nitrogens with two attached hydrogens (primary N) is 1. The van der Waals surface area contributed by atoms with Crippen molar-refractivity contribution in [1.29, 1.82) is 0 Å². The van der Waals surface area contributed by atoms with Crippen LogP contribution in [-0.2, 0) is 0 Å². The number of aromatic nitrogens is 5. The molecule has 0 radical (unpaired) electrons. The molecule has 0 bridgehead atoms. The second-order valence-electron chi connectivity index (χ2n) is 6.16. The SMILES string of the molecule is C=C(/C=C(\C=C/C)Nc1n[nH]c(-c2ccc(Oc3cc(N)ncn3)cc2)n1)C(F)(F)F. The predicted molar refractivity (Wildman–Crippen MR) is 110 cm³/mol. The number of halogens is 3. The molecule has 0 aliphatic heterocycles. The molecule has 3 aromatic rings. The Hall–Kier alpha value is -4.15. The highest BCUT2D eigenvalue weighted by molar-refractivity contribution is 5.58. The zero-order chi connectivity index (χ0) is 22.4. The molecule has 0 atom stereocenters. The fourth-order valence-corrected chi connectivity index (χ4v) is 2.36. The lowest BCUT2D eigenvalue weighted by atomic mass is 10.2. The Bertz CT molecular complexity index is 1120. The average molecular weight is 429 g/mol. The lowest BCUT2D eigenvalue weighted by Gasteiger charge is -2.08. The largest absolute Gasteiger partial charge is 0.439 e. The average Bonchev–Trinajstić information content (AvgIpc) is 3.16. The number of nitrogen functional groups attached to an aromatic ring is 1. The van der Waals surface area contributed by atoms with Crippen LogP contribution in [0.1, 0.15) is 6.92 Å². The Morgan fingerprint density at radius 2 is 1.97 bits per heavy atom. The van der Waals surface area contributed by atoms with Crippen LogP contribution in [0.25, 0.3) is 11.4 Å². The van der Waals surface area contributed by atoms with Crippen LogP contribution in [0.15, 0.2) is 72.7 Å². The van der Waals surface area contributed by atoms with Gasteiger partial charge in [0.05, 0.1) is 5.57 Å². The van der Waals surface area contributed by atoms with Gasteiger partial charge in [0.25, 0.3) is 0 Å². The molecule has 1 aromatic carbocycles. The van der Waals surface area contributed by atoms with E-state index in [-0.39, 0.29) is 17.5 Å². The Morgan fingerprint density at radius 1 is 1.23 bits per heavy atom. The summed E-state index contributed by atoms with van der Waals surface area (Å²) in [6.07, 6.45) is 0.684. The first-order chi connectivity index (χ1) is 14.7. The monoisotopic (exact) mass is 429 g/mol. The molecular weight excluding hydrogens is 411 g/mol. The van der Waals surface area contributed by atoms with Crippen LogP contribution in [0.3, 0.4) is 0 Å². The maximum atomic E-state index is 12.7. The van der Waals surface area contributed by atoms with Gasteiger partial charge >= 0.3 is 6.18 Å². The zero-order valence-corrected chi connectivity index (χ0v) is 16.3. The van der Waals surface area contributed by atoms with Crippen molar-refractivity contribution in [2.45, 2.75) is 13.1 Å². The van der Waals surface area contributed by atoms with Crippen molar-refractivity contribution in [3.8, 4) is 23.0 Å². The lowest BCUT2D eigenvalue weighted by molar-refractivity contribution is -0.0878. The van der Waals surface area contributed by atoms with E-state index in [0.717, 1.165) is 6.08 Å². The normalized spacial score (nSPS) is 12.2. The quantitative estimate of drug-likeness (QED) is 0.469. The van der Waals surface area contributed by atoms with Gasteiger partial charge in [0, 0.05) is 17.3 Å². The van der Waals surface area contributed by atoms with Crippen molar-refractivity contribution in [3.05, 3.63) is 72.7 Å². The summed E-state index contributed by atoms with van der Waals surface area (Å²) in [4.78, 5) is 12.0. The Kier molecular flexibility index (Phi) is 6.34. The van der Waals surface area contributed by atoms with Crippen LogP contribution >= 0.6 is 0 Å². The van der Waals surface area contributed by atoms with Crippen molar-refractivity contribution in [1.82, 2.24) is 25.1 Å². The molecule has 0 unspecified atom stereocenters. The molecule has 0 saturated heterocycles. The Balaban J connectivity index is 1.72. The number of alkyl halides is 3. The van der Waals surface area contributed by atoms with Crippen LogP contribution in [0.2, 0.25) is 0 Å². The van der Waals surface area contributed by atoms with Crippen LogP contribution < -0.4 is 15.8 Å². The number of hydrogen-bond donors (Lipinski definition) is 3. The molecule has 0 amide bonds. The zero-order valence-electron chi connectivity index (χ0n) is 16.3. The third kappa shape index (κ3) is 5.92. The number of hydrogen-bond acceptors (Lipinski definition) is 7. The highest BCUT2D eigenvalue weighted by Gasteiger charge is 2.30. The van der Waals surface area contributed by atoms with E-state index in [4.69, 9.17) is 10.5 Å². The van der Waals surface area contributed by atoms with Gasteiger partial charge in [-0.1, -0.05) is 12.7 Å². The summed E-state index contributed by atoms with van der Waals surface area (Å²) in [5.74, 6) is 1.62. The number of aromatic amines is 1. The van der Waals surface area contributed by atoms with Crippen molar-refractivity contribution in [3.63, 3.8) is 0 Å². The summed E-state index contributed by atoms with van der Waals surface area (Å²) in [6.45, 7) is 4.71. The van der Waals surface area contributed by atoms with Crippen LogP contribution in [0, 0.1) is 0 Å². The van der Waals surface area contributed by atoms with Gasteiger partial charge in [-0.15, -0.1) is 5.10 Å². The number of allylic oxidation sites excluding steroid dienone is 4. The molecule has 8 nitrogen and oxygen atoms in total. The van der Waals surface area contributed by atoms with Crippen LogP contribution in [-0.4, -0.2) is 31.3 Å². The molecule has 3 rings (SSSR count). The van der Waals surface area contributed by atoms with Crippen molar-refractivity contribution >= 4 is 11.8 Å². The minimum atomic E-state index is -4.53. The highest BCUT2D eigenvalue weighted by Crippen LogP contribution is 2.27. The molecule has 2 heterocycles. The summed E-state index contributed by atoms with van der Waals surface area (Å²) in [5.41, 5.74) is 5.42. The predicted octanol–water partition coefficient (Wildman–Crippen LogP) is 4.63. The van der Waals surface area contributed by atoms with E-state index >= 15 is 0 Å². The minimum Gasteiger partial charge on any atom is -0.439 e. The van der Waals surface area contributed by atoms with E-state index in [2.05, 4.69) is 37.0 Å². The summed E-state index contributed by atoms with van der Waals surface area (Å²) < 4.78 is 43.8. The van der Waals surface area contributed by atoms with Crippen molar-refractivity contribution < 1.29 is 17.9 Å². The molecule has 160 valence electrons. The van der Waals surface area contributed by atoms with Crippen molar-refractivity contribution in [2.75, 3.05) is 11.1 Å². The number of rotatable bonds is 7. The molecular formula is C20H18F3N7O. The maximum Gasteiger partial charge on any atom is 0.415 e. The topological polar surface area (TPSA) is 115 Å². The van der Waals surface area contributed by atoms with Gasteiger partial charge in [-0.05, 0) is 43.3 Å². The van der Waals surface area contributed by atoms with Gasteiger partial charge in [-0.3, -0.25) is 5.10 Å². The molecule has 0 fully saturated rings. The van der Waals surface area contributed by atoms with Gasteiger partial charge in [-0.2, -0.15) is 18.2 Å². The highest BCUT2D eigenvalue weighted by atomic mass is 19.4. The van der Waals surface area contributed by atoms with E-state index in [1.807, 2.05) is 0 Å². The number of nitrogens with zero attached hydrogens (tertiary/aromatic N) is 4. The standard InChI is InChI=1S/C20H18F3N7O/c1-3-4-14(9-12(2)20(21,22)23)27-19-28-18(29-30-19)13-5-7-15(8-6-13)31-17-10-16(24)25-11-26-17/h3-11H,2H2,1H3,(H2,24,25,26)(H2,27,28,29,30)/b4-3-,14-9+. The summed E-state index contributed by atoms with van der Waals surface area (Å²) in [5, 5.41) is 9.45. The number of benzene rings is 1. The molecule has 0 aliphatic carbocycles. The van der Waals surface area contributed by atoms with E-state index in [9.17, 15) is 13.2 Å². The first kappa shape index (κ1) is 21.6. The first-order valence-corrected chi connectivity index (χ1v) is 8.90. The molecule has 0 saturated carbocycles. The van der Waals surface area contributed by atoms with E-state index < -0.39 is 11.7 Å². The van der Waals surface area contributed by atoms with E-state index in [1.165, 1.54) is 18.5 Å². The summed E-state index contributed by atoms with van der Waals surface area (Å²) in [6, 6.07) is 8.35. The van der Waals surface area contributed by atoms with Crippen molar-refractivity contribution in [2.24, 2.45) is 0 Å². The van der Waals surface area contributed by atoms with Gasteiger partial charge in [0.2, 0.25) is 11.8 Å². The third-order valence-electron chi connectivity index (χ3n) is 3.79. The lowest BCUT2D eigenvalue weighted by Crippen LogP contribution is -2.10. The first-order valence-electron chi connectivity index (χ1n) is 8.90. The van der Waals surface area contributed by atoms with Gasteiger partial charge in [-0.25, -0.2) is 9.97 Å².